The van der Waals surface area contributed by atoms with Gasteiger partial charge in [0, 0.05) is 40.3 Å². The van der Waals surface area contributed by atoms with E-state index in [1.807, 2.05) is 26.8 Å². The minimum absolute atomic E-state index is 0. The van der Waals surface area contributed by atoms with Gasteiger partial charge in [-0.1, -0.05) is 0 Å². The number of methoxy groups -OCH3 is 2. The van der Waals surface area contributed by atoms with E-state index in [1.165, 1.54) is 11.1 Å². The average Bonchev–Trinajstić information content (AvgIpc) is 2.68. The summed E-state index contributed by atoms with van der Waals surface area (Å²) in [5, 5.41) is 3.34. The van der Waals surface area contributed by atoms with Crippen LogP contribution in [0, 0.1) is 0 Å². The molecule has 0 bridgehead atoms. The SMILES string of the molecule is CN=C(NCCN(C)C(=O)OC(C)(C)C)N1CCc2cc(OC)c(OC)cc2C1.I. The molecule has 0 aromatic heterocycles. The molecule has 0 saturated heterocycles. The molecule has 1 heterocycles. The fraction of sp³-hybridized carbons (Fsp3) is 0.619. The molecule has 0 unspecified atom stereocenters. The van der Waals surface area contributed by atoms with Gasteiger partial charge >= 0.3 is 6.09 Å². The maximum absolute atomic E-state index is 12.1. The summed E-state index contributed by atoms with van der Waals surface area (Å²) in [5.41, 5.74) is 1.96. The number of halogens is 1. The van der Waals surface area contributed by atoms with E-state index >= 15 is 0 Å². The van der Waals surface area contributed by atoms with Crippen LogP contribution in [0.4, 0.5) is 4.79 Å². The smallest absolute Gasteiger partial charge is 0.410 e. The molecule has 9 heteroatoms. The van der Waals surface area contributed by atoms with E-state index < -0.39 is 5.60 Å². The summed E-state index contributed by atoms with van der Waals surface area (Å²) in [6, 6.07) is 4.08. The monoisotopic (exact) mass is 534 g/mol. The van der Waals surface area contributed by atoms with Gasteiger partial charge in [0.25, 0.3) is 0 Å². The summed E-state index contributed by atoms with van der Waals surface area (Å²) in [4.78, 5) is 20.2. The van der Waals surface area contributed by atoms with Gasteiger partial charge in [-0.05, 0) is 50.5 Å². The Bertz CT molecular complexity index is 749. The molecule has 1 aliphatic heterocycles. The normalized spacial score (nSPS) is 13.7. The lowest BCUT2D eigenvalue weighted by molar-refractivity contribution is 0.0302. The van der Waals surface area contributed by atoms with Gasteiger partial charge in [0.15, 0.2) is 17.5 Å². The lowest BCUT2D eigenvalue weighted by atomic mass is 9.99. The third-order valence-electron chi connectivity index (χ3n) is 4.66. The molecule has 1 N–H and O–H groups in total. The van der Waals surface area contributed by atoms with Crippen LogP contribution in [0.15, 0.2) is 17.1 Å². The summed E-state index contributed by atoms with van der Waals surface area (Å²) >= 11 is 0. The van der Waals surface area contributed by atoms with Crippen LogP contribution >= 0.6 is 24.0 Å². The Morgan fingerprint density at radius 1 is 1.20 bits per heavy atom. The minimum atomic E-state index is -0.500. The van der Waals surface area contributed by atoms with Gasteiger partial charge in [0.05, 0.1) is 14.2 Å². The molecule has 0 fully saturated rings. The third kappa shape index (κ3) is 7.10. The van der Waals surface area contributed by atoms with Crippen molar-refractivity contribution in [2.75, 3.05) is 47.9 Å². The first kappa shape index (κ1) is 26.1. The second-order valence-electron chi connectivity index (χ2n) is 8.02. The number of rotatable bonds is 5. The molecular formula is C21H35IN4O4. The summed E-state index contributed by atoms with van der Waals surface area (Å²) in [6.45, 7) is 8.26. The molecule has 0 atom stereocenters. The van der Waals surface area contributed by atoms with Crippen molar-refractivity contribution in [1.82, 2.24) is 15.1 Å². The predicted molar refractivity (Wildman–Crippen MR) is 129 cm³/mol. The zero-order valence-electron chi connectivity index (χ0n) is 19.1. The van der Waals surface area contributed by atoms with Crippen LogP contribution in [0.2, 0.25) is 0 Å². The van der Waals surface area contributed by atoms with Gasteiger partial charge < -0.3 is 29.3 Å². The topological polar surface area (TPSA) is 75.6 Å². The number of nitrogens with zero attached hydrogens (tertiary/aromatic N) is 3. The molecule has 1 amide bonds. The van der Waals surface area contributed by atoms with Crippen molar-refractivity contribution in [3.8, 4) is 11.5 Å². The molecule has 2 rings (SSSR count). The molecule has 1 aromatic rings. The number of amides is 1. The first-order chi connectivity index (χ1) is 13.7. The molecule has 30 heavy (non-hydrogen) atoms. The number of hydrogen-bond donors (Lipinski definition) is 1. The highest BCUT2D eigenvalue weighted by Gasteiger charge is 2.22. The van der Waals surface area contributed by atoms with Crippen LogP contribution in [0.25, 0.3) is 0 Å². The van der Waals surface area contributed by atoms with E-state index in [2.05, 4.69) is 21.3 Å². The lowest BCUT2D eigenvalue weighted by Gasteiger charge is -2.32. The Kier molecular flexibility index (Phi) is 9.99. The van der Waals surface area contributed by atoms with Gasteiger partial charge in [-0.15, -0.1) is 24.0 Å². The van der Waals surface area contributed by atoms with E-state index in [4.69, 9.17) is 14.2 Å². The van der Waals surface area contributed by atoms with Crippen LogP contribution in [0.5, 0.6) is 11.5 Å². The Labute approximate surface area is 197 Å². The summed E-state index contributed by atoms with van der Waals surface area (Å²) in [6.07, 6.45) is 0.566. The van der Waals surface area contributed by atoms with Gasteiger partial charge in [-0.3, -0.25) is 4.99 Å². The van der Waals surface area contributed by atoms with Crippen molar-refractivity contribution < 1.29 is 19.0 Å². The fourth-order valence-corrected chi connectivity index (χ4v) is 3.16. The zero-order valence-corrected chi connectivity index (χ0v) is 21.4. The number of nitrogens with one attached hydrogen (secondary N) is 1. The van der Waals surface area contributed by atoms with Crippen molar-refractivity contribution >= 4 is 36.0 Å². The number of likely N-dealkylation sites (N-methyl/N-ethyl adjacent to an activating group) is 1. The van der Waals surface area contributed by atoms with Crippen molar-refractivity contribution in [2.24, 2.45) is 4.99 Å². The first-order valence-corrected chi connectivity index (χ1v) is 9.82. The highest BCUT2D eigenvalue weighted by molar-refractivity contribution is 14.0. The number of benzene rings is 1. The minimum Gasteiger partial charge on any atom is -0.493 e. The standard InChI is InChI=1S/C21H34N4O4.HI/c1-21(2,3)29-20(26)24(5)11-9-23-19(22-4)25-10-8-15-12-17(27-6)18(28-7)13-16(15)14-25;/h12-13H,8-11,14H2,1-7H3,(H,22,23);1H. The lowest BCUT2D eigenvalue weighted by Crippen LogP contribution is -2.46. The van der Waals surface area contributed by atoms with Crippen LogP contribution in [-0.2, 0) is 17.7 Å². The fourth-order valence-electron chi connectivity index (χ4n) is 3.16. The molecule has 1 aliphatic rings. The molecule has 1 aromatic carbocycles. The third-order valence-corrected chi connectivity index (χ3v) is 4.66. The number of aliphatic imine (C=N–C) groups is 1. The predicted octanol–water partition coefficient (Wildman–Crippen LogP) is 3.12. The van der Waals surface area contributed by atoms with Gasteiger partial charge in [0.2, 0.25) is 0 Å². The number of carbonyl (C=O) groups excluding carboxylic acids is 1. The van der Waals surface area contributed by atoms with Gasteiger partial charge in [-0.2, -0.15) is 0 Å². The first-order valence-electron chi connectivity index (χ1n) is 9.82. The average molecular weight is 534 g/mol. The van der Waals surface area contributed by atoms with Crippen LogP contribution in [0.1, 0.15) is 31.9 Å². The highest BCUT2D eigenvalue weighted by Crippen LogP contribution is 2.33. The molecule has 170 valence electrons. The Morgan fingerprint density at radius 2 is 1.80 bits per heavy atom. The number of ether oxygens (including phenoxy) is 3. The molecule has 8 nitrogen and oxygen atoms in total. The zero-order chi connectivity index (χ0) is 21.6. The quantitative estimate of drug-likeness (QED) is 0.356. The van der Waals surface area contributed by atoms with Crippen LogP contribution in [-0.4, -0.2) is 75.4 Å². The maximum atomic E-state index is 12.1. The van der Waals surface area contributed by atoms with Crippen molar-refractivity contribution in [2.45, 2.75) is 39.3 Å². The van der Waals surface area contributed by atoms with Crippen molar-refractivity contribution in [3.63, 3.8) is 0 Å². The van der Waals surface area contributed by atoms with Gasteiger partial charge in [0.1, 0.15) is 5.60 Å². The highest BCUT2D eigenvalue weighted by atomic mass is 127. The Balaban J connectivity index is 0.00000450. The summed E-state index contributed by atoms with van der Waals surface area (Å²) in [5.74, 6) is 2.30. The van der Waals surface area contributed by atoms with E-state index in [-0.39, 0.29) is 30.1 Å². The molecule has 0 aliphatic carbocycles. The molecular weight excluding hydrogens is 499 g/mol. The number of guanidine groups is 1. The van der Waals surface area contributed by atoms with E-state index in [1.54, 1.807) is 33.2 Å². The number of fused-ring (bicyclic) bond motifs is 1. The summed E-state index contributed by atoms with van der Waals surface area (Å²) < 4.78 is 16.2. The largest absolute Gasteiger partial charge is 0.493 e. The van der Waals surface area contributed by atoms with E-state index in [9.17, 15) is 4.79 Å². The van der Waals surface area contributed by atoms with E-state index in [0.717, 1.165) is 37.0 Å². The molecule has 0 spiro atoms. The van der Waals surface area contributed by atoms with Crippen LogP contribution in [0.3, 0.4) is 0 Å². The van der Waals surface area contributed by atoms with Crippen molar-refractivity contribution in [3.05, 3.63) is 23.3 Å². The molecule has 0 saturated carbocycles. The number of hydrogen-bond acceptors (Lipinski definition) is 5. The van der Waals surface area contributed by atoms with Gasteiger partial charge in [-0.25, -0.2) is 4.79 Å². The second-order valence-corrected chi connectivity index (χ2v) is 8.02. The van der Waals surface area contributed by atoms with Crippen LogP contribution < -0.4 is 14.8 Å². The Hall–Kier alpha value is -1.91. The Morgan fingerprint density at radius 3 is 2.33 bits per heavy atom. The maximum Gasteiger partial charge on any atom is 0.410 e. The van der Waals surface area contributed by atoms with E-state index in [0.29, 0.717) is 13.1 Å². The molecule has 0 radical (unpaired) electrons. The summed E-state index contributed by atoms with van der Waals surface area (Å²) in [7, 11) is 6.80. The van der Waals surface area contributed by atoms with Crippen molar-refractivity contribution in [1.29, 1.82) is 0 Å². The number of carbonyl (C=O) groups is 1. The second kappa shape index (κ2) is 11.5.